The molecule has 1 aliphatic heterocycles. The first-order chi connectivity index (χ1) is 14.2. The molecule has 2 heterocycles. The monoisotopic (exact) mass is 478 g/mol. The van der Waals surface area contributed by atoms with Gasteiger partial charge in [-0.15, -0.1) is 0 Å². The maximum atomic E-state index is 13.1. The van der Waals surface area contributed by atoms with Crippen LogP contribution < -0.4 is 14.3 Å². The van der Waals surface area contributed by atoms with Crippen LogP contribution >= 0.6 is 11.6 Å². The Hall–Kier alpha value is -1.30. The third kappa shape index (κ3) is 6.84. The van der Waals surface area contributed by atoms with E-state index in [1.807, 2.05) is 13.8 Å². The van der Waals surface area contributed by atoms with E-state index in [1.54, 1.807) is 31.4 Å². The molecule has 2 N–H and O–H groups in total. The van der Waals surface area contributed by atoms with Gasteiger partial charge >= 0.3 is 16.2 Å². The van der Waals surface area contributed by atoms with Crippen LogP contribution in [0.3, 0.4) is 0 Å². The number of hydrogen-bond acceptors (Lipinski definition) is 5. The Balaban J connectivity index is 0.00000341. The molecule has 1 radical (unpaired) electrons. The molecular weight excluding hydrogens is 453 g/mol. The summed E-state index contributed by atoms with van der Waals surface area (Å²) in [7, 11) is -2.49. The number of rotatable bonds is 6. The van der Waals surface area contributed by atoms with Crippen LogP contribution in [0, 0.1) is 0 Å². The number of aromatic nitrogens is 2. The van der Waals surface area contributed by atoms with Crippen molar-refractivity contribution < 1.29 is 17.9 Å². The molecule has 3 rings (SSSR count). The molecule has 1 aromatic heterocycles. The average Bonchev–Trinajstić information content (AvgIpc) is 3.06. The number of amides is 2. The van der Waals surface area contributed by atoms with Crippen LogP contribution in [0.25, 0.3) is 0 Å². The van der Waals surface area contributed by atoms with Crippen LogP contribution in [0.4, 0.5) is 16.2 Å². The second-order valence-corrected chi connectivity index (χ2v) is 9.48. The van der Waals surface area contributed by atoms with Crippen LogP contribution in [0.1, 0.15) is 38.2 Å². The van der Waals surface area contributed by atoms with E-state index < -0.39 is 16.2 Å². The molecule has 0 unspecified atom stereocenters. The van der Waals surface area contributed by atoms with Crippen molar-refractivity contribution in [2.24, 2.45) is 7.05 Å². The van der Waals surface area contributed by atoms with Gasteiger partial charge in [0.2, 0.25) is 0 Å². The Morgan fingerprint density at radius 3 is 2.55 bits per heavy atom. The van der Waals surface area contributed by atoms with Gasteiger partial charge in [-0.25, -0.2) is 13.8 Å². The largest absolute Gasteiger partial charge is 0.381 e. The molecule has 2 aromatic rings. The number of anilines is 2. The zero-order valence-electron chi connectivity index (χ0n) is 18.1. The summed E-state index contributed by atoms with van der Waals surface area (Å²) in [6, 6.07) is 3.93. The summed E-state index contributed by atoms with van der Waals surface area (Å²) in [5.74, 6) is 0.200. The Bertz CT molecular complexity index is 1010. The molecule has 12 heteroatoms. The van der Waals surface area contributed by atoms with E-state index in [9.17, 15) is 13.2 Å². The van der Waals surface area contributed by atoms with Crippen LogP contribution in [0.5, 0.6) is 0 Å². The van der Waals surface area contributed by atoms with E-state index in [4.69, 9.17) is 16.3 Å². The molecule has 0 atom stereocenters. The normalized spacial score (nSPS) is 14.7. The van der Waals surface area contributed by atoms with Gasteiger partial charge in [0.15, 0.2) is 0 Å². The van der Waals surface area contributed by atoms with Crippen molar-refractivity contribution in [3.8, 4) is 0 Å². The average molecular weight is 479 g/mol. The standard InChI is InChI=1S/C19H26ClN5O4S.Na/c1-13(2)14-8-15(20)10-16(9-14)22-19(26)23-30(27,28)25(17-4-6-29-7-5-17)18-11-21-24(3)12-18;/h8-13,17H,4-7H2,1-3H3,(H2,22,23,26);. The molecule has 31 heavy (non-hydrogen) atoms. The van der Waals surface area contributed by atoms with Crippen molar-refractivity contribution in [1.82, 2.24) is 14.5 Å². The minimum Gasteiger partial charge on any atom is -0.381 e. The van der Waals surface area contributed by atoms with E-state index in [2.05, 4.69) is 15.1 Å². The van der Waals surface area contributed by atoms with E-state index in [0.29, 0.717) is 42.5 Å². The van der Waals surface area contributed by atoms with Gasteiger partial charge in [-0.1, -0.05) is 25.4 Å². The SMILES string of the molecule is CC(C)c1cc(Cl)cc(NC(=O)NS(=O)(=O)N(c2cnn(C)c2)C2CCOCC2)c1.[Na]. The molecule has 0 bridgehead atoms. The van der Waals surface area contributed by atoms with Crippen molar-refractivity contribution in [3.63, 3.8) is 0 Å². The Morgan fingerprint density at radius 2 is 1.97 bits per heavy atom. The quantitative estimate of drug-likeness (QED) is 0.621. The number of ether oxygens (including phenoxy) is 1. The number of benzene rings is 1. The number of halogens is 1. The zero-order valence-corrected chi connectivity index (χ0v) is 21.7. The topological polar surface area (TPSA) is 106 Å². The number of nitrogens with one attached hydrogen (secondary N) is 2. The summed E-state index contributed by atoms with van der Waals surface area (Å²) in [5, 5.41) is 7.08. The number of hydrogen-bond donors (Lipinski definition) is 2. The second-order valence-electron chi connectivity index (χ2n) is 7.50. The first-order valence-electron chi connectivity index (χ1n) is 9.66. The summed E-state index contributed by atoms with van der Waals surface area (Å²) in [4.78, 5) is 12.5. The predicted octanol–water partition coefficient (Wildman–Crippen LogP) is 2.87. The maximum Gasteiger partial charge on any atom is 0.334 e. The van der Waals surface area contributed by atoms with Crippen molar-refractivity contribution in [2.45, 2.75) is 38.6 Å². The number of carbonyl (C=O) groups excluding carboxylic acids is 1. The molecule has 1 saturated heterocycles. The van der Waals surface area contributed by atoms with Gasteiger partial charge in [0.25, 0.3) is 0 Å². The van der Waals surface area contributed by atoms with Crippen molar-refractivity contribution in [1.29, 1.82) is 0 Å². The molecule has 9 nitrogen and oxygen atoms in total. The smallest absolute Gasteiger partial charge is 0.334 e. The fraction of sp³-hybridized carbons (Fsp3) is 0.474. The molecule has 1 aromatic carbocycles. The summed E-state index contributed by atoms with van der Waals surface area (Å²) >= 11 is 6.13. The Kier molecular flexibility index (Phi) is 9.23. The summed E-state index contributed by atoms with van der Waals surface area (Å²) in [6.07, 6.45) is 4.09. The van der Waals surface area contributed by atoms with Gasteiger partial charge in [-0.3, -0.25) is 4.68 Å². The molecule has 0 aliphatic carbocycles. The minimum atomic E-state index is -4.19. The van der Waals surface area contributed by atoms with E-state index in [-0.39, 0.29) is 41.5 Å². The first-order valence-corrected chi connectivity index (χ1v) is 11.5. The summed E-state index contributed by atoms with van der Waals surface area (Å²) in [5.41, 5.74) is 1.73. The van der Waals surface area contributed by atoms with Crippen LogP contribution in [0.15, 0.2) is 30.6 Å². The maximum absolute atomic E-state index is 13.1. The summed E-state index contributed by atoms with van der Waals surface area (Å²) < 4.78 is 36.4. The summed E-state index contributed by atoms with van der Waals surface area (Å²) in [6.45, 7) is 4.90. The molecule has 2 amide bonds. The molecule has 165 valence electrons. The number of nitrogens with zero attached hydrogens (tertiary/aromatic N) is 3. The first kappa shape index (κ1) is 26.0. The third-order valence-electron chi connectivity index (χ3n) is 4.79. The fourth-order valence-electron chi connectivity index (χ4n) is 3.33. The van der Waals surface area contributed by atoms with E-state index >= 15 is 0 Å². The molecule has 0 spiro atoms. The van der Waals surface area contributed by atoms with Crippen molar-refractivity contribution in [3.05, 3.63) is 41.2 Å². The number of carbonyl (C=O) groups is 1. The predicted molar refractivity (Wildman–Crippen MR) is 122 cm³/mol. The van der Waals surface area contributed by atoms with Gasteiger partial charge in [0.05, 0.1) is 17.9 Å². The molecular formula is C19H26ClN5NaO4S. The second kappa shape index (κ2) is 11.0. The van der Waals surface area contributed by atoms with Gasteiger partial charge < -0.3 is 10.1 Å². The minimum absolute atomic E-state index is 0. The molecule has 1 aliphatic rings. The number of urea groups is 1. The van der Waals surface area contributed by atoms with E-state index in [0.717, 1.165) is 5.56 Å². The van der Waals surface area contributed by atoms with Crippen LogP contribution in [0.2, 0.25) is 5.02 Å². The van der Waals surface area contributed by atoms with Gasteiger partial charge in [0, 0.05) is 66.7 Å². The van der Waals surface area contributed by atoms with Crippen LogP contribution in [-0.4, -0.2) is 73.0 Å². The van der Waals surface area contributed by atoms with Crippen molar-refractivity contribution >= 4 is 68.8 Å². The Labute approximate surface area is 209 Å². The fourth-order valence-corrected chi connectivity index (χ4v) is 4.93. The van der Waals surface area contributed by atoms with E-state index in [1.165, 1.54) is 15.2 Å². The van der Waals surface area contributed by atoms with Gasteiger partial charge in [-0.2, -0.15) is 13.5 Å². The van der Waals surface area contributed by atoms with Crippen molar-refractivity contribution in [2.75, 3.05) is 22.8 Å². The number of aryl methyl sites for hydroxylation is 1. The van der Waals surface area contributed by atoms with Gasteiger partial charge in [-0.05, 0) is 42.5 Å². The molecule has 1 fully saturated rings. The van der Waals surface area contributed by atoms with Gasteiger partial charge in [0.1, 0.15) is 0 Å². The third-order valence-corrected chi connectivity index (χ3v) is 6.48. The zero-order chi connectivity index (χ0) is 21.9. The Morgan fingerprint density at radius 1 is 1.29 bits per heavy atom. The van der Waals surface area contributed by atoms with Crippen LogP contribution in [-0.2, 0) is 22.0 Å². The molecule has 0 saturated carbocycles.